The molecule has 1 unspecified atom stereocenters. The molecule has 0 spiro atoms. The fraction of sp³-hybridized carbons (Fsp3) is 0.692. The maximum Gasteiger partial charge on any atom is 0.290 e. The number of hydrogen-bond acceptors (Lipinski definition) is 8. The van der Waals surface area contributed by atoms with Gasteiger partial charge in [0.25, 0.3) is 5.92 Å². The van der Waals surface area contributed by atoms with Gasteiger partial charge in [-0.15, -0.1) is 10.2 Å². The van der Waals surface area contributed by atoms with Crippen molar-refractivity contribution in [3.63, 3.8) is 0 Å². The van der Waals surface area contributed by atoms with Crippen LogP contribution in [0.4, 0.5) is 24.8 Å². The summed E-state index contributed by atoms with van der Waals surface area (Å²) in [7, 11) is 0. The number of anilines is 2. The Bertz CT molecular complexity index is 1050. The number of nitrogens with zero attached hydrogens (tertiary/aromatic N) is 6. The third kappa shape index (κ3) is 6.14. The van der Waals surface area contributed by atoms with Crippen molar-refractivity contribution in [1.29, 1.82) is 0 Å². The zero-order valence-corrected chi connectivity index (χ0v) is 22.0. The van der Waals surface area contributed by atoms with Crippen LogP contribution in [-0.4, -0.2) is 75.9 Å². The van der Waals surface area contributed by atoms with Crippen molar-refractivity contribution in [2.45, 2.75) is 88.4 Å². The number of alkyl halides is 3. The van der Waals surface area contributed by atoms with Gasteiger partial charge < -0.3 is 20.6 Å². The first-order valence-electron chi connectivity index (χ1n) is 12.9. The summed E-state index contributed by atoms with van der Waals surface area (Å²) in [5, 5.41) is 26.9. The summed E-state index contributed by atoms with van der Waals surface area (Å²) in [6, 6.07) is 7.00. The van der Waals surface area contributed by atoms with E-state index in [1.54, 1.807) is 6.07 Å². The van der Waals surface area contributed by atoms with Crippen LogP contribution < -0.4 is 15.5 Å². The van der Waals surface area contributed by atoms with E-state index in [2.05, 4.69) is 48.1 Å². The summed E-state index contributed by atoms with van der Waals surface area (Å²) in [5.41, 5.74) is 6.85. The normalized spacial score (nSPS) is 24.8. The minimum absolute atomic E-state index is 0.0105. The highest BCUT2D eigenvalue weighted by molar-refractivity contribution is 5.40. The molecule has 37 heavy (non-hydrogen) atoms. The van der Waals surface area contributed by atoms with Crippen LogP contribution in [0.5, 0.6) is 0 Å². The molecule has 0 amide bonds. The Morgan fingerprint density at radius 3 is 1.86 bits per heavy atom. The van der Waals surface area contributed by atoms with E-state index >= 15 is 0 Å². The van der Waals surface area contributed by atoms with E-state index in [0.29, 0.717) is 31.1 Å². The molecule has 4 rings (SSSR count). The van der Waals surface area contributed by atoms with Gasteiger partial charge in [0.1, 0.15) is 12.3 Å². The molecule has 2 aromatic rings. The number of aliphatic hydroxyl groups excluding tert-OH is 1. The molecule has 3 N–H and O–H groups in total. The Hall–Kier alpha value is -2.53. The van der Waals surface area contributed by atoms with Crippen LogP contribution in [0.1, 0.15) is 64.8 Å². The number of rotatable bonds is 7. The topological polar surface area (TPSA) is 104 Å². The van der Waals surface area contributed by atoms with Crippen molar-refractivity contribution in [2.75, 3.05) is 36.0 Å². The molecule has 0 bridgehead atoms. The fourth-order valence-corrected chi connectivity index (χ4v) is 4.85. The van der Waals surface area contributed by atoms with Crippen LogP contribution in [-0.2, 0) is 10.8 Å². The second-order valence-corrected chi connectivity index (χ2v) is 11.7. The second kappa shape index (κ2) is 10.3. The summed E-state index contributed by atoms with van der Waals surface area (Å²) in [5.74, 6) is -2.12. The highest BCUT2D eigenvalue weighted by atomic mass is 19.3. The van der Waals surface area contributed by atoms with Gasteiger partial charge in [-0.3, -0.25) is 0 Å². The highest BCUT2D eigenvalue weighted by Gasteiger charge is 2.44. The molecule has 2 saturated heterocycles. The summed E-state index contributed by atoms with van der Waals surface area (Å²) < 4.78 is 41.9. The average molecular weight is 522 g/mol. The van der Waals surface area contributed by atoms with E-state index in [0.717, 1.165) is 24.2 Å². The number of piperidine rings is 2. The Labute approximate surface area is 216 Å². The van der Waals surface area contributed by atoms with Crippen molar-refractivity contribution in [3.05, 3.63) is 35.7 Å². The molecule has 0 radical (unpaired) electrons. The molecule has 2 fully saturated rings. The van der Waals surface area contributed by atoms with Gasteiger partial charge in [-0.05, 0) is 49.9 Å². The van der Waals surface area contributed by atoms with Gasteiger partial charge in [0, 0.05) is 30.0 Å². The molecule has 3 atom stereocenters. The van der Waals surface area contributed by atoms with Crippen molar-refractivity contribution in [1.82, 2.24) is 20.4 Å². The van der Waals surface area contributed by atoms with Gasteiger partial charge in [0.15, 0.2) is 11.6 Å². The molecule has 2 aliphatic rings. The van der Waals surface area contributed by atoms with Crippen molar-refractivity contribution >= 4 is 11.6 Å². The summed E-state index contributed by atoms with van der Waals surface area (Å²) in [4.78, 5) is 3.35. The second-order valence-electron chi connectivity index (χ2n) is 11.7. The van der Waals surface area contributed by atoms with E-state index in [-0.39, 0.29) is 23.8 Å². The number of nitrogens with two attached hydrogens (primary N) is 1. The molecule has 2 aromatic heterocycles. The predicted molar refractivity (Wildman–Crippen MR) is 137 cm³/mol. The predicted octanol–water partition coefficient (Wildman–Crippen LogP) is 3.38. The molecule has 0 aromatic carbocycles. The summed E-state index contributed by atoms with van der Waals surface area (Å²) >= 11 is 0. The molecule has 8 nitrogen and oxygen atoms in total. The number of aromatic nitrogens is 4. The van der Waals surface area contributed by atoms with Gasteiger partial charge in [0.2, 0.25) is 0 Å². The third-order valence-corrected chi connectivity index (χ3v) is 7.86. The van der Waals surface area contributed by atoms with Crippen molar-refractivity contribution in [3.8, 4) is 0 Å². The maximum absolute atomic E-state index is 14.0. The van der Waals surface area contributed by atoms with Gasteiger partial charge in [0.05, 0.1) is 24.5 Å². The monoisotopic (exact) mass is 521 g/mol. The zero-order valence-electron chi connectivity index (χ0n) is 22.0. The molecular formula is C26H38F3N7O. The van der Waals surface area contributed by atoms with Crippen molar-refractivity contribution in [2.24, 2.45) is 5.73 Å². The largest absolute Gasteiger partial charge is 0.387 e. The Morgan fingerprint density at radius 1 is 0.892 bits per heavy atom. The smallest absolute Gasteiger partial charge is 0.290 e. The average Bonchev–Trinajstić information content (AvgIpc) is 2.86. The van der Waals surface area contributed by atoms with Crippen LogP contribution >= 0.6 is 0 Å². The van der Waals surface area contributed by atoms with E-state index < -0.39 is 30.8 Å². The fourth-order valence-electron chi connectivity index (χ4n) is 4.85. The van der Waals surface area contributed by atoms with Gasteiger partial charge in [-0.1, -0.05) is 27.7 Å². The lowest BCUT2D eigenvalue weighted by atomic mass is 9.76. The van der Waals surface area contributed by atoms with Crippen LogP contribution in [0.2, 0.25) is 0 Å². The SMILES string of the molecule is CC(C)(CCC(C)(C)c1ccc(N2CCC(O)C(F)(F)C2)nn1)c1ccc(N2CC[C@@H](N)[C@H](F)C2)nn1. The number of aliphatic hydroxyl groups is 1. The van der Waals surface area contributed by atoms with E-state index in [4.69, 9.17) is 5.73 Å². The lowest BCUT2D eigenvalue weighted by Gasteiger charge is -2.36. The van der Waals surface area contributed by atoms with Gasteiger partial charge in [-0.2, -0.15) is 10.2 Å². The van der Waals surface area contributed by atoms with Crippen LogP contribution in [0.3, 0.4) is 0 Å². The number of hydrogen-bond donors (Lipinski definition) is 2. The first-order chi connectivity index (χ1) is 17.3. The standard InChI is InChI=1S/C26H38F3N7O/c1-24(2,19-5-7-22(33-31-19)35-13-9-18(30)17(27)15-35)11-12-25(3,4)20-6-8-23(34-32-20)36-14-10-21(37)26(28,29)16-36/h5-8,17-18,21,37H,9-16,30H2,1-4H3/t17-,18-,21?/m1/s1. The van der Waals surface area contributed by atoms with E-state index in [1.165, 1.54) is 4.90 Å². The van der Waals surface area contributed by atoms with Crippen molar-refractivity contribution < 1.29 is 18.3 Å². The summed E-state index contributed by atoms with van der Waals surface area (Å²) in [6.07, 6.45) is -0.519. The molecule has 0 aliphatic carbocycles. The van der Waals surface area contributed by atoms with Crippen LogP contribution in [0.25, 0.3) is 0 Å². The number of halogens is 3. The zero-order chi connectivity index (χ0) is 27.0. The summed E-state index contributed by atoms with van der Waals surface area (Å²) in [6.45, 7) is 9.03. The third-order valence-electron chi connectivity index (χ3n) is 7.86. The molecule has 2 aliphatic heterocycles. The van der Waals surface area contributed by atoms with Crippen LogP contribution in [0.15, 0.2) is 24.3 Å². The van der Waals surface area contributed by atoms with Crippen LogP contribution in [0, 0.1) is 0 Å². The Morgan fingerprint density at radius 2 is 1.41 bits per heavy atom. The Balaban J connectivity index is 1.37. The maximum atomic E-state index is 14.0. The lowest BCUT2D eigenvalue weighted by molar-refractivity contribution is -0.113. The molecule has 4 heterocycles. The Kier molecular flexibility index (Phi) is 7.67. The first kappa shape index (κ1) is 27.5. The molecule has 0 saturated carbocycles. The molecular weight excluding hydrogens is 483 g/mol. The van der Waals surface area contributed by atoms with Gasteiger partial charge in [-0.25, -0.2) is 13.2 Å². The quantitative estimate of drug-likeness (QED) is 0.572. The van der Waals surface area contributed by atoms with E-state index in [9.17, 15) is 18.3 Å². The minimum Gasteiger partial charge on any atom is -0.387 e. The minimum atomic E-state index is -3.17. The lowest BCUT2D eigenvalue weighted by Crippen LogP contribution is -2.51. The first-order valence-corrected chi connectivity index (χ1v) is 12.9. The van der Waals surface area contributed by atoms with Gasteiger partial charge >= 0.3 is 0 Å². The molecule has 11 heteroatoms. The van der Waals surface area contributed by atoms with E-state index in [1.807, 2.05) is 23.1 Å². The molecule has 204 valence electrons. The highest BCUT2D eigenvalue weighted by Crippen LogP contribution is 2.36.